The van der Waals surface area contributed by atoms with Crippen LogP contribution in [0.2, 0.25) is 0 Å². The normalized spacial score (nSPS) is 11.2. The molecule has 1 rings (SSSR count). The van der Waals surface area contributed by atoms with Crippen molar-refractivity contribution in [3.8, 4) is 0 Å². The molecule has 0 fully saturated rings. The van der Waals surface area contributed by atoms with Crippen LogP contribution in [0.3, 0.4) is 0 Å². The molecule has 7 heteroatoms. The lowest BCUT2D eigenvalue weighted by Gasteiger charge is -2.08. The first kappa shape index (κ1) is 13.0. The van der Waals surface area contributed by atoms with Gasteiger partial charge in [-0.05, 0) is 30.7 Å². The van der Waals surface area contributed by atoms with Crippen LogP contribution >= 0.6 is 11.6 Å². The molecule has 16 heavy (non-hydrogen) atoms. The number of halogens is 1. The Morgan fingerprint density at radius 2 is 2.12 bits per heavy atom. The van der Waals surface area contributed by atoms with Gasteiger partial charge in [0, 0.05) is 5.69 Å². The summed E-state index contributed by atoms with van der Waals surface area (Å²) in [5, 5.41) is 7.50. The highest BCUT2D eigenvalue weighted by atomic mass is 35.5. The molecule has 0 radical (unpaired) electrons. The van der Waals surface area contributed by atoms with Gasteiger partial charge in [0.1, 0.15) is 5.88 Å². The third-order valence-corrected chi connectivity index (χ3v) is 3.08. The summed E-state index contributed by atoms with van der Waals surface area (Å²) in [6.07, 6.45) is 0. The lowest BCUT2D eigenvalue weighted by atomic mass is 10.2. The van der Waals surface area contributed by atoms with Gasteiger partial charge in [0.15, 0.2) is 0 Å². The third-order valence-electron chi connectivity index (χ3n) is 1.92. The molecule has 88 valence electrons. The maximum Gasteiger partial charge on any atom is 0.239 e. The van der Waals surface area contributed by atoms with Crippen molar-refractivity contribution < 1.29 is 13.2 Å². The largest absolute Gasteiger partial charge is 0.325 e. The summed E-state index contributed by atoms with van der Waals surface area (Å²) in [7, 11) is -3.71. The van der Waals surface area contributed by atoms with Crippen LogP contribution in [-0.2, 0) is 14.8 Å². The molecular formula is C9H11ClN2O3S. The van der Waals surface area contributed by atoms with Gasteiger partial charge in [-0.25, -0.2) is 13.6 Å². The van der Waals surface area contributed by atoms with Crippen molar-refractivity contribution in [3.05, 3.63) is 23.8 Å². The van der Waals surface area contributed by atoms with Gasteiger partial charge < -0.3 is 5.32 Å². The summed E-state index contributed by atoms with van der Waals surface area (Å²) in [6.45, 7) is 1.67. The molecule has 0 heterocycles. The summed E-state index contributed by atoms with van der Waals surface area (Å²) in [5.41, 5.74) is 1.11. The minimum atomic E-state index is -3.71. The zero-order valence-corrected chi connectivity index (χ0v) is 10.1. The number of nitrogens with one attached hydrogen (secondary N) is 1. The number of aryl methyl sites for hydroxylation is 1. The Hall–Kier alpha value is -1.11. The lowest BCUT2D eigenvalue weighted by molar-refractivity contribution is -0.113. The monoisotopic (exact) mass is 262 g/mol. The third kappa shape index (κ3) is 3.19. The molecule has 0 atom stereocenters. The Labute approximate surface area is 98.6 Å². The van der Waals surface area contributed by atoms with Crippen molar-refractivity contribution in [3.63, 3.8) is 0 Å². The van der Waals surface area contributed by atoms with E-state index in [2.05, 4.69) is 5.32 Å². The highest BCUT2D eigenvalue weighted by Crippen LogP contribution is 2.18. The summed E-state index contributed by atoms with van der Waals surface area (Å²) in [4.78, 5) is 11.0. The van der Waals surface area contributed by atoms with E-state index in [9.17, 15) is 13.2 Å². The molecule has 0 spiro atoms. The number of rotatable bonds is 3. The number of sulfonamides is 1. The fourth-order valence-corrected chi connectivity index (χ4v) is 1.80. The Morgan fingerprint density at radius 3 is 2.56 bits per heavy atom. The zero-order valence-electron chi connectivity index (χ0n) is 8.53. The molecule has 0 aliphatic carbocycles. The minimum absolute atomic E-state index is 0.00822. The Kier molecular flexibility index (Phi) is 3.90. The van der Waals surface area contributed by atoms with Gasteiger partial charge in [0.25, 0.3) is 0 Å². The summed E-state index contributed by atoms with van der Waals surface area (Å²) >= 11 is 5.33. The molecule has 0 aliphatic heterocycles. The molecule has 0 aromatic heterocycles. The summed E-state index contributed by atoms with van der Waals surface area (Å²) < 4.78 is 22.1. The molecule has 0 aliphatic rings. The number of anilines is 1. The van der Waals surface area contributed by atoms with E-state index in [0.29, 0.717) is 11.3 Å². The number of alkyl halides is 1. The molecule has 5 nitrogen and oxygen atoms in total. The second-order valence-electron chi connectivity index (χ2n) is 3.20. The van der Waals surface area contributed by atoms with Gasteiger partial charge in [-0.15, -0.1) is 11.6 Å². The molecular weight excluding hydrogens is 252 g/mol. The second-order valence-corrected chi connectivity index (χ2v) is 5.03. The maximum atomic E-state index is 11.0. The predicted octanol–water partition coefficient (Wildman–Crippen LogP) is 0.820. The van der Waals surface area contributed by atoms with Crippen LogP contribution in [-0.4, -0.2) is 20.2 Å². The van der Waals surface area contributed by atoms with Crippen molar-refractivity contribution in [1.82, 2.24) is 0 Å². The number of nitrogens with two attached hydrogens (primary N) is 1. The zero-order chi connectivity index (χ0) is 12.3. The maximum absolute atomic E-state index is 11.0. The second kappa shape index (κ2) is 4.82. The first-order chi connectivity index (χ1) is 7.34. The number of hydrogen-bond acceptors (Lipinski definition) is 3. The molecule has 1 amide bonds. The first-order valence-electron chi connectivity index (χ1n) is 4.34. The van der Waals surface area contributed by atoms with E-state index in [1.807, 2.05) is 0 Å². The van der Waals surface area contributed by atoms with Gasteiger partial charge >= 0.3 is 0 Å². The highest BCUT2D eigenvalue weighted by Gasteiger charge is 2.10. The van der Waals surface area contributed by atoms with Crippen molar-refractivity contribution in [2.45, 2.75) is 11.8 Å². The predicted molar refractivity (Wildman–Crippen MR) is 61.9 cm³/mol. The van der Waals surface area contributed by atoms with E-state index in [0.717, 1.165) is 0 Å². The number of primary sulfonamides is 1. The van der Waals surface area contributed by atoms with E-state index in [-0.39, 0.29) is 16.7 Å². The van der Waals surface area contributed by atoms with Crippen LogP contribution in [0, 0.1) is 6.92 Å². The molecule has 0 bridgehead atoms. The van der Waals surface area contributed by atoms with E-state index in [4.69, 9.17) is 16.7 Å². The van der Waals surface area contributed by atoms with Crippen LogP contribution in [0.4, 0.5) is 5.69 Å². The average Bonchev–Trinajstić information content (AvgIpc) is 2.19. The van der Waals surface area contributed by atoms with Gasteiger partial charge in [-0.3, -0.25) is 4.79 Å². The highest BCUT2D eigenvalue weighted by molar-refractivity contribution is 7.89. The van der Waals surface area contributed by atoms with Gasteiger partial charge in [0.05, 0.1) is 4.90 Å². The van der Waals surface area contributed by atoms with Gasteiger partial charge in [-0.2, -0.15) is 0 Å². The summed E-state index contributed by atoms with van der Waals surface area (Å²) in [5.74, 6) is -0.510. The molecule has 1 aromatic carbocycles. The van der Waals surface area contributed by atoms with Crippen molar-refractivity contribution in [2.75, 3.05) is 11.2 Å². The topological polar surface area (TPSA) is 89.3 Å². The van der Waals surface area contributed by atoms with Crippen LogP contribution in [0.1, 0.15) is 5.56 Å². The van der Waals surface area contributed by atoms with Crippen LogP contribution in [0.25, 0.3) is 0 Å². The minimum Gasteiger partial charge on any atom is -0.325 e. The van der Waals surface area contributed by atoms with Crippen LogP contribution < -0.4 is 10.5 Å². The quantitative estimate of drug-likeness (QED) is 0.791. The molecule has 0 unspecified atom stereocenters. The molecule has 0 saturated heterocycles. The molecule has 0 saturated carbocycles. The number of benzene rings is 1. The van der Waals surface area contributed by atoms with Gasteiger partial charge in [-0.1, -0.05) is 0 Å². The number of amides is 1. The fourth-order valence-electron chi connectivity index (χ4n) is 1.14. The van der Waals surface area contributed by atoms with E-state index < -0.39 is 10.0 Å². The van der Waals surface area contributed by atoms with E-state index in [1.165, 1.54) is 18.2 Å². The summed E-state index contributed by atoms with van der Waals surface area (Å²) in [6, 6.07) is 4.19. The Bertz CT molecular complexity index is 513. The van der Waals surface area contributed by atoms with Crippen molar-refractivity contribution >= 4 is 33.2 Å². The van der Waals surface area contributed by atoms with Crippen molar-refractivity contribution in [2.24, 2.45) is 5.14 Å². The lowest BCUT2D eigenvalue weighted by Crippen LogP contribution is -2.15. The SMILES string of the molecule is Cc1cc(S(N)(=O)=O)ccc1NC(=O)CCl. The Morgan fingerprint density at radius 1 is 1.50 bits per heavy atom. The average molecular weight is 263 g/mol. The van der Waals surface area contributed by atoms with Gasteiger partial charge in [0.2, 0.25) is 15.9 Å². The fraction of sp³-hybridized carbons (Fsp3) is 0.222. The number of carbonyl (C=O) groups excluding carboxylic acids is 1. The molecule has 3 N–H and O–H groups in total. The van der Waals surface area contributed by atoms with E-state index in [1.54, 1.807) is 6.92 Å². The molecule has 1 aromatic rings. The number of hydrogen-bond donors (Lipinski definition) is 2. The van der Waals surface area contributed by atoms with Crippen molar-refractivity contribution in [1.29, 1.82) is 0 Å². The first-order valence-corrected chi connectivity index (χ1v) is 6.42. The number of carbonyl (C=O) groups is 1. The standard InChI is InChI=1S/C9H11ClN2O3S/c1-6-4-7(16(11,14)15)2-3-8(6)12-9(13)5-10/h2-4H,5H2,1H3,(H,12,13)(H2,11,14,15). The Balaban J connectivity index is 3.06. The van der Waals surface area contributed by atoms with Crippen LogP contribution in [0.5, 0.6) is 0 Å². The van der Waals surface area contributed by atoms with Crippen LogP contribution in [0.15, 0.2) is 23.1 Å². The smallest absolute Gasteiger partial charge is 0.239 e. The van der Waals surface area contributed by atoms with E-state index >= 15 is 0 Å².